The zero-order valence-corrected chi connectivity index (χ0v) is 11.1. The van der Waals surface area contributed by atoms with Crippen LogP contribution < -0.4 is 0 Å². The molecule has 0 aromatic heterocycles. The van der Waals surface area contributed by atoms with Crippen LogP contribution in [0.3, 0.4) is 0 Å². The van der Waals surface area contributed by atoms with E-state index < -0.39 is 7.80 Å². The average Bonchev–Trinajstić information content (AvgIpc) is 2.21. The molecule has 0 spiro atoms. The van der Waals surface area contributed by atoms with E-state index in [-0.39, 0.29) is 0 Å². The molecule has 0 heterocycles. The van der Waals surface area contributed by atoms with Crippen molar-refractivity contribution in [2.75, 3.05) is 0 Å². The molecule has 0 N–H and O–H groups in total. The van der Waals surface area contributed by atoms with Crippen molar-refractivity contribution in [1.29, 1.82) is 0 Å². The van der Waals surface area contributed by atoms with Crippen LogP contribution in [0.2, 0.25) is 0 Å². The van der Waals surface area contributed by atoms with Gasteiger partial charge in [0.25, 0.3) is 0 Å². The fourth-order valence-corrected chi connectivity index (χ4v) is 3.43. The summed E-state index contributed by atoms with van der Waals surface area (Å²) in [6, 6.07) is 0. The van der Waals surface area contributed by atoms with Gasteiger partial charge in [-0.2, -0.15) is 0 Å². The third-order valence-corrected chi connectivity index (χ3v) is 5.07. The van der Waals surface area contributed by atoms with Gasteiger partial charge in [0.2, 0.25) is 0 Å². The number of hydrogen-bond acceptors (Lipinski definition) is 1. The fraction of sp³-hybridized carbons (Fsp3) is 1.00. The topological polar surface area (TPSA) is 17.1 Å². The zero-order chi connectivity index (χ0) is 11.0. The van der Waals surface area contributed by atoms with Crippen LogP contribution in [0.25, 0.3) is 0 Å². The Balaban J connectivity index is 3.78. The molecule has 14 heavy (non-hydrogen) atoms. The number of unbranched alkanes of at least 4 members (excludes halogenated alkanes) is 2. The quantitative estimate of drug-likeness (QED) is 0.524. The molecule has 1 nitrogen and oxygen atoms in total. The maximum Gasteiger partial charge on any atom is 0.344 e. The van der Waals surface area contributed by atoms with Crippen LogP contribution in [0.5, 0.6) is 0 Å². The van der Waals surface area contributed by atoms with Gasteiger partial charge >= 0.3 is 7.80 Å². The molecule has 0 aliphatic carbocycles. The standard InChI is InChI=1S/C12H26OP/c1-5-7-9-11(3)14(13)12(4)10-8-6-2/h11-12H,5-10H2,1-4H3/q+1. The van der Waals surface area contributed by atoms with Gasteiger partial charge in [0.15, 0.2) is 11.3 Å². The largest absolute Gasteiger partial charge is 0.344 e. The molecule has 0 saturated heterocycles. The highest BCUT2D eigenvalue weighted by molar-refractivity contribution is 7.46. The Hall–Kier alpha value is 0.100. The minimum atomic E-state index is -0.976. The Kier molecular flexibility index (Phi) is 8.47. The van der Waals surface area contributed by atoms with Gasteiger partial charge in [-0.3, -0.25) is 0 Å². The minimum Gasteiger partial charge on any atom is -0.0742 e. The molecule has 0 saturated carbocycles. The van der Waals surface area contributed by atoms with Crippen molar-refractivity contribution in [2.24, 2.45) is 0 Å². The third-order valence-electron chi connectivity index (χ3n) is 2.82. The first kappa shape index (κ1) is 14.1. The summed E-state index contributed by atoms with van der Waals surface area (Å²) >= 11 is 0. The van der Waals surface area contributed by atoms with E-state index in [4.69, 9.17) is 0 Å². The Morgan fingerprint density at radius 1 is 0.929 bits per heavy atom. The van der Waals surface area contributed by atoms with Gasteiger partial charge in [0, 0.05) is 0 Å². The molecule has 0 radical (unpaired) electrons. The van der Waals surface area contributed by atoms with Gasteiger partial charge in [0.05, 0.1) is 0 Å². The van der Waals surface area contributed by atoms with E-state index in [0.717, 1.165) is 12.8 Å². The highest BCUT2D eigenvalue weighted by atomic mass is 31.1. The van der Waals surface area contributed by atoms with Gasteiger partial charge in [-0.25, -0.2) is 0 Å². The Morgan fingerprint density at radius 2 is 1.29 bits per heavy atom. The summed E-state index contributed by atoms with van der Waals surface area (Å²) in [5.41, 5.74) is 0.855. The Bertz CT molecular complexity index is 140. The summed E-state index contributed by atoms with van der Waals surface area (Å²) in [6.07, 6.45) is 7.17. The summed E-state index contributed by atoms with van der Waals surface area (Å²) in [4.78, 5) is 0. The van der Waals surface area contributed by atoms with Gasteiger partial charge in [-0.1, -0.05) is 31.3 Å². The van der Waals surface area contributed by atoms with E-state index in [1.165, 1.54) is 25.7 Å². The maximum absolute atomic E-state index is 12.0. The van der Waals surface area contributed by atoms with Gasteiger partial charge in [-0.05, 0) is 39.5 Å². The molecule has 84 valence electrons. The van der Waals surface area contributed by atoms with E-state index >= 15 is 0 Å². The van der Waals surface area contributed by atoms with Crippen molar-refractivity contribution in [3.8, 4) is 0 Å². The van der Waals surface area contributed by atoms with E-state index in [9.17, 15) is 4.57 Å². The fourth-order valence-electron chi connectivity index (χ4n) is 1.69. The summed E-state index contributed by atoms with van der Waals surface area (Å²) in [6.45, 7) is 8.69. The van der Waals surface area contributed by atoms with Crippen LogP contribution in [0.4, 0.5) is 0 Å². The highest BCUT2D eigenvalue weighted by Crippen LogP contribution is 2.38. The van der Waals surface area contributed by atoms with Crippen LogP contribution in [-0.2, 0) is 4.57 Å². The number of hydrogen-bond donors (Lipinski definition) is 0. The molecule has 0 aromatic rings. The van der Waals surface area contributed by atoms with E-state index in [1.54, 1.807) is 0 Å². The summed E-state index contributed by atoms with van der Waals surface area (Å²) < 4.78 is 12.0. The average molecular weight is 217 g/mol. The predicted octanol–water partition coefficient (Wildman–Crippen LogP) is 4.97. The smallest absolute Gasteiger partial charge is 0.0742 e. The maximum atomic E-state index is 12.0. The zero-order valence-electron chi connectivity index (χ0n) is 10.3. The monoisotopic (exact) mass is 217 g/mol. The lowest BCUT2D eigenvalue weighted by Crippen LogP contribution is -2.05. The third kappa shape index (κ3) is 5.75. The molecule has 2 atom stereocenters. The van der Waals surface area contributed by atoms with Crippen molar-refractivity contribution in [3.05, 3.63) is 0 Å². The molecule has 0 rings (SSSR count). The lowest BCUT2D eigenvalue weighted by molar-refractivity contribution is 0.556. The van der Waals surface area contributed by atoms with Gasteiger partial charge in [0.1, 0.15) is 0 Å². The van der Waals surface area contributed by atoms with Crippen LogP contribution in [0, 0.1) is 0 Å². The first-order chi connectivity index (χ1) is 6.63. The van der Waals surface area contributed by atoms with E-state index in [1.807, 2.05) is 0 Å². The molecule has 0 aliphatic rings. The van der Waals surface area contributed by atoms with E-state index in [2.05, 4.69) is 27.7 Å². The van der Waals surface area contributed by atoms with Crippen LogP contribution in [-0.4, -0.2) is 11.3 Å². The SMILES string of the molecule is CCCCC(C)[P+](=O)C(C)CCCC. The predicted molar refractivity (Wildman–Crippen MR) is 65.6 cm³/mol. The van der Waals surface area contributed by atoms with Crippen molar-refractivity contribution < 1.29 is 4.57 Å². The highest BCUT2D eigenvalue weighted by Gasteiger charge is 2.31. The first-order valence-corrected chi connectivity index (χ1v) is 7.48. The molecule has 0 amide bonds. The van der Waals surface area contributed by atoms with Crippen LogP contribution in [0.15, 0.2) is 0 Å². The lowest BCUT2D eigenvalue weighted by Gasteiger charge is -2.05. The normalized spacial score (nSPS) is 16.4. The van der Waals surface area contributed by atoms with Crippen LogP contribution >= 0.6 is 7.80 Å². The summed E-state index contributed by atoms with van der Waals surface area (Å²) in [7, 11) is -0.976. The molecular formula is C12H26OP+. The molecule has 2 heteroatoms. The van der Waals surface area contributed by atoms with Crippen molar-refractivity contribution in [3.63, 3.8) is 0 Å². The lowest BCUT2D eigenvalue weighted by atomic mass is 10.2. The minimum absolute atomic E-state index is 0.428. The van der Waals surface area contributed by atoms with Crippen molar-refractivity contribution >= 4 is 7.80 Å². The molecule has 0 aromatic carbocycles. The Labute approximate surface area is 90.5 Å². The van der Waals surface area contributed by atoms with Gasteiger partial charge < -0.3 is 0 Å². The Morgan fingerprint density at radius 3 is 1.57 bits per heavy atom. The second kappa shape index (κ2) is 8.41. The first-order valence-electron chi connectivity index (χ1n) is 6.08. The molecule has 0 fully saturated rings. The molecule has 0 bridgehead atoms. The second-order valence-corrected chi connectivity index (χ2v) is 6.83. The summed E-state index contributed by atoms with van der Waals surface area (Å²) in [5.74, 6) is 0. The molecule has 0 aliphatic heterocycles. The second-order valence-electron chi connectivity index (χ2n) is 4.34. The van der Waals surface area contributed by atoms with Crippen molar-refractivity contribution in [2.45, 2.75) is 77.5 Å². The number of rotatable bonds is 8. The molecular weight excluding hydrogens is 191 g/mol. The van der Waals surface area contributed by atoms with Crippen LogP contribution in [0.1, 0.15) is 66.2 Å². The van der Waals surface area contributed by atoms with Crippen molar-refractivity contribution in [1.82, 2.24) is 0 Å². The molecule has 2 unspecified atom stereocenters. The summed E-state index contributed by atoms with van der Waals surface area (Å²) in [5, 5.41) is 0. The van der Waals surface area contributed by atoms with E-state index in [0.29, 0.717) is 11.3 Å². The van der Waals surface area contributed by atoms with Gasteiger partial charge in [-0.15, -0.1) is 0 Å².